The van der Waals surface area contributed by atoms with E-state index in [2.05, 4.69) is 36.8 Å². The fraction of sp³-hybridized carbons (Fsp3) is 1.00. The van der Waals surface area contributed by atoms with Crippen LogP contribution in [0.15, 0.2) is 0 Å². The van der Waals surface area contributed by atoms with Gasteiger partial charge in [-0.3, -0.25) is 0 Å². The first kappa shape index (κ1) is 17.5. The summed E-state index contributed by atoms with van der Waals surface area (Å²) >= 11 is 0. The second kappa shape index (κ2) is 7.61. The average Bonchev–Trinajstić information content (AvgIpc) is 2.56. The Kier molecular flexibility index (Phi) is 6.34. The summed E-state index contributed by atoms with van der Waals surface area (Å²) in [6, 6.07) is 0. The van der Waals surface area contributed by atoms with Crippen molar-refractivity contribution >= 4 is 9.84 Å². The van der Waals surface area contributed by atoms with Crippen LogP contribution in [0, 0.1) is 0 Å². The summed E-state index contributed by atoms with van der Waals surface area (Å²) < 4.78 is 6.00. The minimum absolute atomic E-state index is 0.266. The topological polar surface area (TPSA) is 6.48 Å². The monoisotopic (exact) mass is 310 g/mol. The van der Waals surface area contributed by atoms with Gasteiger partial charge in [-0.25, -0.2) is 0 Å². The van der Waals surface area contributed by atoms with Gasteiger partial charge in [-0.05, 0) is 64.5 Å². The molecule has 21 heavy (non-hydrogen) atoms. The Morgan fingerprint density at radius 1 is 0.667 bits per heavy atom. The summed E-state index contributed by atoms with van der Waals surface area (Å²) in [5.41, 5.74) is 1.10. The van der Waals surface area contributed by atoms with Crippen molar-refractivity contribution in [3.05, 3.63) is 0 Å². The quantitative estimate of drug-likeness (QED) is 0.682. The lowest BCUT2D eigenvalue weighted by atomic mass is 9.84. The molecule has 0 aliphatic carbocycles. The molecule has 0 N–H and O–H groups in total. The smallest absolute Gasteiger partial charge is 0.173 e. The lowest BCUT2D eigenvalue weighted by molar-refractivity contribution is 0.0717. The average molecular weight is 311 g/mol. The van der Waals surface area contributed by atoms with E-state index in [1.807, 2.05) is 0 Å². The summed E-state index contributed by atoms with van der Waals surface area (Å²) in [6.07, 6.45) is 14.1. The third-order valence-corrected chi connectivity index (χ3v) is 9.61. The van der Waals surface area contributed by atoms with Crippen LogP contribution in [0.4, 0.5) is 0 Å². The van der Waals surface area contributed by atoms with Gasteiger partial charge in [0.15, 0.2) is 9.84 Å². The van der Waals surface area contributed by atoms with Crippen LogP contribution in [0.2, 0.25) is 0 Å². The maximum Gasteiger partial charge on any atom is 0.173 e. The normalized spacial score (nSPS) is 26.9. The van der Waals surface area contributed by atoms with Crippen molar-refractivity contribution in [1.29, 1.82) is 0 Å². The van der Waals surface area contributed by atoms with Crippen LogP contribution in [0.25, 0.3) is 0 Å². The molecular weight excluding hydrogens is 272 g/mol. The van der Waals surface area contributed by atoms with E-state index < -0.39 is 0 Å². The van der Waals surface area contributed by atoms with Gasteiger partial charge in [0.2, 0.25) is 0 Å². The summed E-state index contributed by atoms with van der Waals surface area (Å²) in [5, 5.41) is 0. The van der Waals surface area contributed by atoms with Crippen LogP contribution in [0.1, 0.15) is 91.9 Å². The van der Waals surface area contributed by atoms with Crippen LogP contribution in [-0.2, 0) is 0 Å². The molecular formula is C18H38N2Si. The molecule has 2 nitrogen and oxygen atoms in total. The van der Waals surface area contributed by atoms with Crippen LogP contribution < -0.4 is 0 Å². The van der Waals surface area contributed by atoms with Gasteiger partial charge in [-0.2, -0.15) is 0 Å². The largest absolute Gasteiger partial charge is 0.311 e. The predicted octanol–water partition coefficient (Wildman–Crippen LogP) is 4.07. The molecule has 0 spiro atoms. The molecule has 0 amide bonds. The molecule has 0 unspecified atom stereocenters. The molecule has 0 saturated carbocycles. The van der Waals surface area contributed by atoms with Crippen molar-refractivity contribution in [3.63, 3.8) is 0 Å². The molecule has 3 heteroatoms. The standard InChI is InChI=1S/C18H38N2Si/c1-5-17(6-2)13-9-11-15-19(17)21-20-16-12-10-14-18(20,7-3)8-4/h5-16,21H2,1-4H3. The molecule has 2 rings (SSSR count). The molecule has 0 atom stereocenters. The lowest BCUT2D eigenvalue weighted by Gasteiger charge is -2.54. The van der Waals surface area contributed by atoms with E-state index in [4.69, 9.17) is 0 Å². The highest BCUT2D eigenvalue weighted by atomic mass is 28.2. The van der Waals surface area contributed by atoms with Crippen LogP contribution in [0.3, 0.4) is 0 Å². The molecule has 2 aliphatic heterocycles. The van der Waals surface area contributed by atoms with E-state index in [1.54, 1.807) is 0 Å². The van der Waals surface area contributed by atoms with Crippen molar-refractivity contribution in [2.24, 2.45) is 0 Å². The van der Waals surface area contributed by atoms with Crippen molar-refractivity contribution in [3.8, 4) is 0 Å². The summed E-state index contributed by atoms with van der Waals surface area (Å²) in [5.74, 6) is 0. The molecule has 0 bridgehead atoms. The highest BCUT2D eigenvalue weighted by Gasteiger charge is 2.41. The van der Waals surface area contributed by atoms with Crippen molar-refractivity contribution < 1.29 is 0 Å². The fourth-order valence-electron chi connectivity index (χ4n) is 5.05. The van der Waals surface area contributed by atoms with Gasteiger partial charge in [0.05, 0.1) is 0 Å². The molecule has 0 aromatic carbocycles. The van der Waals surface area contributed by atoms with E-state index in [0.717, 1.165) is 0 Å². The summed E-state index contributed by atoms with van der Waals surface area (Å²) in [4.78, 5) is 0. The lowest BCUT2D eigenvalue weighted by Crippen LogP contribution is -2.62. The molecule has 0 aromatic heterocycles. The predicted molar refractivity (Wildman–Crippen MR) is 96.3 cm³/mol. The Morgan fingerprint density at radius 2 is 1.05 bits per heavy atom. The molecule has 2 heterocycles. The first-order valence-electron chi connectivity index (χ1n) is 9.66. The first-order valence-corrected chi connectivity index (χ1v) is 10.9. The Bertz CT molecular complexity index is 280. The van der Waals surface area contributed by atoms with Gasteiger partial charge in [0, 0.05) is 11.1 Å². The SMILES string of the molecule is CCC1(CC)CCCCN1[SiH2]N1CCCCC1(CC)CC. The molecule has 2 fully saturated rings. The van der Waals surface area contributed by atoms with Crippen molar-refractivity contribution in [2.45, 2.75) is 103 Å². The maximum atomic E-state index is 3.00. The van der Waals surface area contributed by atoms with Gasteiger partial charge in [-0.1, -0.05) is 40.5 Å². The zero-order valence-corrected chi connectivity index (χ0v) is 16.5. The first-order chi connectivity index (χ1) is 10.2. The van der Waals surface area contributed by atoms with Crippen LogP contribution in [-0.4, -0.2) is 43.1 Å². The Morgan fingerprint density at radius 3 is 1.38 bits per heavy atom. The van der Waals surface area contributed by atoms with Gasteiger partial charge in [-0.15, -0.1) is 0 Å². The van der Waals surface area contributed by atoms with Gasteiger partial charge < -0.3 is 9.13 Å². The minimum atomic E-state index is -0.266. The number of hydrogen-bond donors (Lipinski definition) is 0. The van der Waals surface area contributed by atoms with E-state index in [1.165, 1.54) is 77.3 Å². The zero-order chi connectivity index (χ0) is 15.3. The van der Waals surface area contributed by atoms with Gasteiger partial charge >= 0.3 is 0 Å². The third-order valence-electron chi connectivity index (χ3n) is 6.96. The highest BCUT2D eigenvalue weighted by Crippen LogP contribution is 2.37. The van der Waals surface area contributed by atoms with Crippen LogP contribution in [0.5, 0.6) is 0 Å². The molecule has 124 valence electrons. The number of piperidine rings is 2. The number of nitrogens with zero attached hydrogens (tertiary/aromatic N) is 2. The number of rotatable bonds is 6. The van der Waals surface area contributed by atoms with Crippen molar-refractivity contribution in [2.75, 3.05) is 13.1 Å². The fourth-order valence-corrected chi connectivity index (χ4v) is 8.01. The Hall–Kier alpha value is 0.137. The summed E-state index contributed by atoms with van der Waals surface area (Å²) in [6.45, 7) is 12.5. The molecule has 2 saturated heterocycles. The van der Waals surface area contributed by atoms with E-state index >= 15 is 0 Å². The van der Waals surface area contributed by atoms with Gasteiger partial charge in [0.1, 0.15) is 0 Å². The van der Waals surface area contributed by atoms with Gasteiger partial charge in [0.25, 0.3) is 0 Å². The van der Waals surface area contributed by atoms with Crippen LogP contribution >= 0.6 is 0 Å². The Labute approximate surface area is 135 Å². The highest BCUT2D eigenvalue weighted by molar-refractivity contribution is 6.29. The second-order valence-electron chi connectivity index (χ2n) is 7.45. The van der Waals surface area contributed by atoms with E-state index in [-0.39, 0.29) is 9.84 Å². The summed E-state index contributed by atoms with van der Waals surface area (Å²) in [7, 11) is -0.266. The minimum Gasteiger partial charge on any atom is -0.311 e. The van der Waals surface area contributed by atoms with E-state index in [9.17, 15) is 0 Å². The maximum absolute atomic E-state index is 3.00. The number of hydrogen-bond acceptors (Lipinski definition) is 2. The molecule has 0 aromatic rings. The van der Waals surface area contributed by atoms with E-state index in [0.29, 0.717) is 11.1 Å². The Balaban J connectivity index is 2.13. The second-order valence-corrected chi connectivity index (χ2v) is 9.26. The zero-order valence-electron chi connectivity index (χ0n) is 15.1. The molecule has 0 radical (unpaired) electrons. The third kappa shape index (κ3) is 3.40. The van der Waals surface area contributed by atoms with Crippen molar-refractivity contribution in [1.82, 2.24) is 9.13 Å². The molecule has 2 aliphatic rings.